The van der Waals surface area contributed by atoms with Crippen LogP contribution in [0.2, 0.25) is 0 Å². The topological polar surface area (TPSA) is 66.9 Å². The van der Waals surface area contributed by atoms with Gasteiger partial charge in [-0.15, -0.1) is 0 Å². The second-order valence-electron chi connectivity index (χ2n) is 7.35. The zero-order valence-corrected chi connectivity index (χ0v) is 17.1. The molecule has 1 aliphatic heterocycles. The number of amides is 3. The van der Waals surface area contributed by atoms with E-state index >= 15 is 0 Å². The highest BCUT2D eigenvalue weighted by Crippen LogP contribution is 2.29. The van der Waals surface area contributed by atoms with Gasteiger partial charge in [-0.25, -0.2) is 9.69 Å². The molecular formula is C25H22N2O4. The minimum absolute atomic E-state index is 0.277. The summed E-state index contributed by atoms with van der Waals surface area (Å²) in [6, 6.07) is 22.5. The Morgan fingerprint density at radius 1 is 0.871 bits per heavy atom. The number of aldehydes is 1. The number of ether oxygens (including phenoxy) is 1. The maximum absolute atomic E-state index is 13.4. The molecule has 0 radical (unpaired) electrons. The van der Waals surface area contributed by atoms with E-state index in [0.29, 0.717) is 24.2 Å². The Bertz CT molecular complexity index is 1080. The van der Waals surface area contributed by atoms with Crippen LogP contribution in [0.5, 0.6) is 5.75 Å². The predicted octanol–water partition coefficient (Wildman–Crippen LogP) is 4.09. The van der Waals surface area contributed by atoms with Crippen LogP contribution < -0.4 is 9.64 Å². The van der Waals surface area contributed by atoms with Gasteiger partial charge in [0.1, 0.15) is 18.1 Å². The number of hydrogen-bond acceptors (Lipinski definition) is 4. The maximum atomic E-state index is 13.4. The van der Waals surface area contributed by atoms with Gasteiger partial charge in [0.05, 0.1) is 12.8 Å². The number of urea groups is 1. The van der Waals surface area contributed by atoms with E-state index in [2.05, 4.69) is 0 Å². The van der Waals surface area contributed by atoms with Crippen LogP contribution in [-0.2, 0) is 17.8 Å². The van der Waals surface area contributed by atoms with Gasteiger partial charge in [0.15, 0.2) is 0 Å². The second-order valence-corrected chi connectivity index (χ2v) is 7.35. The van der Waals surface area contributed by atoms with Crippen LogP contribution in [0.15, 0.2) is 78.9 Å². The van der Waals surface area contributed by atoms with Crippen molar-refractivity contribution in [2.45, 2.75) is 19.0 Å². The highest BCUT2D eigenvalue weighted by atomic mass is 16.5. The first kappa shape index (κ1) is 20.3. The SMILES string of the molecule is COc1ccc(CN2C(=O)N(c3ccc(C=O)cc3)C(=O)C2Cc2ccccc2)cc1. The molecule has 1 saturated heterocycles. The Hall–Kier alpha value is -3.93. The number of hydrogen-bond donors (Lipinski definition) is 0. The van der Waals surface area contributed by atoms with Crippen molar-refractivity contribution in [3.05, 3.63) is 95.6 Å². The van der Waals surface area contributed by atoms with E-state index in [1.165, 1.54) is 4.90 Å². The van der Waals surface area contributed by atoms with E-state index in [1.807, 2.05) is 54.6 Å². The van der Waals surface area contributed by atoms with Crippen LogP contribution >= 0.6 is 0 Å². The smallest absolute Gasteiger partial charge is 0.332 e. The predicted molar refractivity (Wildman–Crippen MR) is 117 cm³/mol. The third-order valence-electron chi connectivity index (χ3n) is 5.39. The molecule has 3 aromatic rings. The second kappa shape index (κ2) is 8.83. The highest BCUT2D eigenvalue weighted by molar-refractivity contribution is 6.21. The van der Waals surface area contributed by atoms with Gasteiger partial charge in [-0.3, -0.25) is 9.59 Å². The molecule has 3 amide bonds. The summed E-state index contributed by atoms with van der Waals surface area (Å²) < 4.78 is 5.20. The monoisotopic (exact) mass is 414 g/mol. The van der Waals surface area contributed by atoms with Crippen molar-refractivity contribution in [2.24, 2.45) is 0 Å². The highest BCUT2D eigenvalue weighted by Gasteiger charge is 2.45. The van der Waals surface area contributed by atoms with Gasteiger partial charge in [-0.2, -0.15) is 0 Å². The molecule has 0 aromatic heterocycles. The maximum Gasteiger partial charge on any atom is 0.332 e. The molecular weight excluding hydrogens is 392 g/mol. The minimum Gasteiger partial charge on any atom is -0.497 e. The van der Waals surface area contributed by atoms with Crippen LogP contribution in [0, 0.1) is 0 Å². The number of imide groups is 1. The quantitative estimate of drug-likeness (QED) is 0.431. The lowest BCUT2D eigenvalue weighted by Crippen LogP contribution is -2.36. The normalized spacial score (nSPS) is 16.0. The molecule has 0 aliphatic carbocycles. The number of carbonyl (C=O) groups excluding carboxylic acids is 3. The van der Waals surface area contributed by atoms with E-state index in [9.17, 15) is 14.4 Å². The fraction of sp³-hybridized carbons (Fsp3) is 0.160. The average Bonchev–Trinajstić information content (AvgIpc) is 3.04. The summed E-state index contributed by atoms with van der Waals surface area (Å²) in [5.74, 6) is 0.450. The fourth-order valence-corrected chi connectivity index (χ4v) is 3.72. The van der Waals surface area contributed by atoms with Crippen molar-refractivity contribution in [1.82, 2.24) is 4.90 Å². The Morgan fingerprint density at radius 2 is 1.55 bits per heavy atom. The molecule has 3 aromatic carbocycles. The summed E-state index contributed by atoms with van der Waals surface area (Å²) >= 11 is 0. The lowest BCUT2D eigenvalue weighted by atomic mass is 10.0. The van der Waals surface area contributed by atoms with Crippen molar-refractivity contribution in [2.75, 3.05) is 12.0 Å². The molecule has 0 N–H and O–H groups in total. The summed E-state index contributed by atoms with van der Waals surface area (Å²) in [4.78, 5) is 40.4. The molecule has 1 atom stereocenters. The molecule has 0 bridgehead atoms. The van der Waals surface area contributed by atoms with E-state index in [0.717, 1.165) is 23.2 Å². The van der Waals surface area contributed by atoms with Crippen molar-refractivity contribution in [3.8, 4) is 5.75 Å². The lowest BCUT2D eigenvalue weighted by Gasteiger charge is -2.22. The van der Waals surface area contributed by atoms with Crippen molar-refractivity contribution < 1.29 is 19.1 Å². The molecule has 0 spiro atoms. The van der Waals surface area contributed by atoms with Gasteiger partial charge >= 0.3 is 6.03 Å². The van der Waals surface area contributed by atoms with Gasteiger partial charge in [-0.1, -0.05) is 42.5 Å². The zero-order valence-electron chi connectivity index (χ0n) is 17.1. The van der Waals surface area contributed by atoms with Crippen molar-refractivity contribution in [1.29, 1.82) is 0 Å². The number of anilines is 1. The lowest BCUT2D eigenvalue weighted by molar-refractivity contribution is -0.119. The Labute approximate surface area is 180 Å². The van der Waals surface area contributed by atoms with Crippen LogP contribution in [0.4, 0.5) is 10.5 Å². The number of carbonyl (C=O) groups is 3. The summed E-state index contributed by atoms with van der Waals surface area (Å²) in [6.07, 6.45) is 1.15. The summed E-state index contributed by atoms with van der Waals surface area (Å²) in [6.45, 7) is 0.301. The summed E-state index contributed by atoms with van der Waals surface area (Å²) in [5.41, 5.74) is 2.82. The first-order valence-electron chi connectivity index (χ1n) is 9.97. The van der Waals surface area contributed by atoms with Crippen LogP contribution in [-0.4, -0.2) is 36.3 Å². The van der Waals surface area contributed by atoms with E-state index in [-0.39, 0.29) is 11.9 Å². The van der Waals surface area contributed by atoms with E-state index in [4.69, 9.17) is 4.74 Å². The molecule has 1 fully saturated rings. The molecule has 1 unspecified atom stereocenters. The van der Waals surface area contributed by atoms with Crippen LogP contribution in [0.3, 0.4) is 0 Å². The van der Waals surface area contributed by atoms with Crippen molar-refractivity contribution in [3.63, 3.8) is 0 Å². The largest absolute Gasteiger partial charge is 0.497 e. The third-order valence-corrected chi connectivity index (χ3v) is 5.39. The van der Waals surface area contributed by atoms with Gasteiger partial charge in [0.2, 0.25) is 0 Å². The van der Waals surface area contributed by atoms with Gasteiger partial charge < -0.3 is 9.64 Å². The molecule has 156 valence electrons. The fourth-order valence-electron chi connectivity index (χ4n) is 3.72. The zero-order chi connectivity index (χ0) is 21.8. The molecule has 1 heterocycles. The Kier molecular flexibility index (Phi) is 5.80. The third kappa shape index (κ3) is 4.19. The van der Waals surface area contributed by atoms with E-state index < -0.39 is 6.04 Å². The van der Waals surface area contributed by atoms with E-state index in [1.54, 1.807) is 36.3 Å². The average molecular weight is 414 g/mol. The van der Waals surface area contributed by atoms with Gasteiger partial charge in [0, 0.05) is 18.5 Å². The summed E-state index contributed by atoms with van der Waals surface area (Å²) in [5, 5.41) is 0. The van der Waals surface area contributed by atoms with Gasteiger partial charge in [0.25, 0.3) is 5.91 Å². The first-order valence-corrected chi connectivity index (χ1v) is 9.97. The minimum atomic E-state index is -0.622. The number of benzene rings is 3. The molecule has 1 aliphatic rings. The van der Waals surface area contributed by atoms with Crippen molar-refractivity contribution >= 4 is 23.9 Å². The number of nitrogens with zero attached hydrogens (tertiary/aromatic N) is 2. The Balaban J connectivity index is 1.66. The standard InChI is InChI=1S/C25H22N2O4/c1-31-22-13-9-19(10-14-22)16-26-23(15-18-5-3-2-4-6-18)24(29)27(25(26)30)21-11-7-20(17-28)8-12-21/h2-14,17,23H,15-16H2,1H3. The summed E-state index contributed by atoms with van der Waals surface area (Å²) in [7, 11) is 1.60. The molecule has 31 heavy (non-hydrogen) atoms. The molecule has 0 saturated carbocycles. The van der Waals surface area contributed by atoms with Gasteiger partial charge in [-0.05, 0) is 47.5 Å². The molecule has 6 nitrogen and oxygen atoms in total. The molecule has 4 rings (SSSR count). The first-order chi connectivity index (χ1) is 15.1. The number of methoxy groups -OCH3 is 1. The Morgan fingerprint density at radius 3 is 2.16 bits per heavy atom. The molecule has 6 heteroatoms. The van der Waals surface area contributed by atoms with Crippen LogP contribution in [0.25, 0.3) is 0 Å². The number of rotatable bonds is 7. The van der Waals surface area contributed by atoms with Crippen LogP contribution in [0.1, 0.15) is 21.5 Å².